The van der Waals surface area contributed by atoms with Crippen molar-refractivity contribution < 1.29 is 9.53 Å². The van der Waals surface area contributed by atoms with E-state index in [1.165, 1.54) is 11.8 Å². The van der Waals surface area contributed by atoms with Crippen molar-refractivity contribution in [2.24, 2.45) is 4.99 Å². The minimum absolute atomic E-state index is 0.241. The van der Waals surface area contributed by atoms with Gasteiger partial charge in [-0.3, -0.25) is 4.79 Å². The van der Waals surface area contributed by atoms with Crippen molar-refractivity contribution in [1.82, 2.24) is 5.32 Å². The molecule has 1 saturated heterocycles. The van der Waals surface area contributed by atoms with Gasteiger partial charge in [-0.25, -0.2) is 4.99 Å². The summed E-state index contributed by atoms with van der Waals surface area (Å²) in [5, 5.41) is 5.04. The van der Waals surface area contributed by atoms with Gasteiger partial charge in [0.2, 0.25) is 0 Å². The second kappa shape index (κ2) is 9.79. The van der Waals surface area contributed by atoms with Gasteiger partial charge in [-0.15, -0.1) is 0 Å². The standard InChI is InChI=1S/C23H15Cl3N2O2S/c24-16-5-8-18(9-6-16)27-23-28-22(29)21(31-23)12-15-11-17(25)7-10-20(15)30-13-14-3-1-2-4-19(14)26/h1-12H,13H2,(H,27,28,29)/b21-12-. The Labute approximate surface area is 198 Å². The Kier molecular flexibility index (Phi) is 6.88. The van der Waals surface area contributed by atoms with Crippen LogP contribution in [0.15, 0.2) is 76.6 Å². The smallest absolute Gasteiger partial charge is 0.264 e. The predicted molar refractivity (Wildman–Crippen MR) is 129 cm³/mol. The van der Waals surface area contributed by atoms with Gasteiger partial charge >= 0.3 is 0 Å². The van der Waals surface area contributed by atoms with Crippen LogP contribution < -0.4 is 10.1 Å². The Balaban J connectivity index is 1.56. The molecule has 1 amide bonds. The molecule has 0 radical (unpaired) electrons. The van der Waals surface area contributed by atoms with Gasteiger partial charge in [0.1, 0.15) is 12.4 Å². The van der Waals surface area contributed by atoms with Crippen LogP contribution in [0.3, 0.4) is 0 Å². The van der Waals surface area contributed by atoms with Crippen LogP contribution in [0.4, 0.5) is 5.69 Å². The third-order valence-corrected chi connectivity index (χ3v) is 6.07. The Morgan fingerprint density at radius 1 is 0.968 bits per heavy atom. The summed E-state index contributed by atoms with van der Waals surface area (Å²) < 4.78 is 5.97. The number of halogens is 3. The first-order valence-electron chi connectivity index (χ1n) is 9.19. The number of thioether (sulfide) groups is 1. The number of carbonyl (C=O) groups is 1. The lowest BCUT2D eigenvalue weighted by Crippen LogP contribution is -2.19. The van der Waals surface area contributed by atoms with Gasteiger partial charge in [0.25, 0.3) is 5.91 Å². The zero-order valence-corrected chi connectivity index (χ0v) is 19.0. The number of amidine groups is 1. The van der Waals surface area contributed by atoms with Crippen LogP contribution >= 0.6 is 46.6 Å². The summed E-state index contributed by atoms with van der Waals surface area (Å²) in [5.74, 6) is 0.350. The van der Waals surface area contributed by atoms with Crippen LogP contribution in [-0.2, 0) is 11.4 Å². The van der Waals surface area contributed by atoms with Gasteiger partial charge in [-0.2, -0.15) is 0 Å². The summed E-state index contributed by atoms with van der Waals surface area (Å²) >= 11 is 19.5. The van der Waals surface area contributed by atoms with E-state index in [0.29, 0.717) is 48.7 Å². The maximum Gasteiger partial charge on any atom is 0.264 e. The van der Waals surface area contributed by atoms with Gasteiger partial charge in [-0.05, 0) is 66.4 Å². The topological polar surface area (TPSA) is 50.7 Å². The molecule has 0 spiro atoms. The van der Waals surface area contributed by atoms with Crippen LogP contribution in [0.25, 0.3) is 6.08 Å². The van der Waals surface area contributed by atoms with E-state index in [-0.39, 0.29) is 5.91 Å². The SMILES string of the molecule is O=C1NC(=Nc2ccc(Cl)cc2)S/C1=C\c1cc(Cl)ccc1OCc1ccccc1Cl. The number of ether oxygens (including phenoxy) is 1. The summed E-state index contributed by atoms with van der Waals surface area (Å²) in [6, 6.07) is 19.8. The highest BCUT2D eigenvalue weighted by Gasteiger charge is 2.24. The summed E-state index contributed by atoms with van der Waals surface area (Å²) in [6.07, 6.45) is 1.73. The lowest BCUT2D eigenvalue weighted by molar-refractivity contribution is -0.115. The van der Waals surface area contributed by atoms with Crippen molar-refractivity contribution in [1.29, 1.82) is 0 Å². The van der Waals surface area contributed by atoms with E-state index in [2.05, 4.69) is 10.3 Å². The van der Waals surface area contributed by atoms with E-state index in [1.54, 1.807) is 48.5 Å². The van der Waals surface area contributed by atoms with Crippen LogP contribution in [0.5, 0.6) is 5.75 Å². The molecule has 0 aromatic heterocycles. The molecular formula is C23H15Cl3N2O2S. The molecule has 4 rings (SSSR count). The summed E-state index contributed by atoms with van der Waals surface area (Å²) in [7, 11) is 0. The van der Waals surface area contributed by atoms with Gasteiger partial charge < -0.3 is 10.1 Å². The van der Waals surface area contributed by atoms with E-state index >= 15 is 0 Å². The number of carbonyl (C=O) groups excluding carboxylic acids is 1. The number of nitrogens with zero attached hydrogens (tertiary/aromatic N) is 1. The van der Waals surface area contributed by atoms with E-state index < -0.39 is 0 Å². The van der Waals surface area contributed by atoms with Crippen molar-refractivity contribution in [2.75, 3.05) is 0 Å². The van der Waals surface area contributed by atoms with E-state index in [1.807, 2.05) is 24.3 Å². The van der Waals surface area contributed by atoms with E-state index in [9.17, 15) is 4.79 Å². The molecule has 0 unspecified atom stereocenters. The average Bonchev–Trinajstić information content (AvgIpc) is 3.09. The Bertz CT molecular complexity index is 1190. The monoisotopic (exact) mass is 488 g/mol. The van der Waals surface area contributed by atoms with Crippen molar-refractivity contribution in [3.8, 4) is 5.75 Å². The highest BCUT2D eigenvalue weighted by atomic mass is 35.5. The molecule has 31 heavy (non-hydrogen) atoms. The summed E-state index contributed by atoms with van der Waals surface area (Å²) in [6.45, 7) is 0.292. The fraction of sp³-hybridized carbons (Fsp3) is 0.0435. The normalized spacial score (nSPS) is 16.0. The molecule has 1 N–H and O–H groups in total. The number of hydrogen-bond donors (Lipinski definition) is 1. The summed E-state index contributed by atoms with van der Waals surface area (Å²) in [4.78, 5) is 17.4. The number of rotatable bonds is 5. The molecule has 0 saturated carbocycles. The second-order valence-electron chi connectivity index (χ2n) is 6.52. The molecule has 0 aliphatic carbocycles. The number of hydrogen-bond acceptors (Lipinski definition) is 4. The molecule has 3 aromatic rings. The largest absolute Gasteiger partial charge is 0.488 e. The lowest BCUT2D eigenvalue weighted by Gasteiger charge is -2.11. The maximum absolute atomic E-state index is 12.5. The molecule has 1 fully saturated rings. The molecule has 0 bridgehead atoms. The maximum atomic E-state index is 12.5. The summed E-state index contributed by atoms with van der Waals surface area (Å²) in [5.41, 5.74) is 2.24. The number of aliphatic imine (C=N–C) groups is 1. The highest BCUT2D eigenvalue weighted by molar-refractivity contribution is 8.18. The van der Waals surface area contributed by atoms with Crippen LogP contribution in [0.1, 0.15) is 11.1 Å². The molecule has 1 aliphatic heterocycles. The average molecular weight is 490 g/mol. The molecule has 8 heteroatoms. The predicted octanol–water partition coefficient (Wildman–Crippen LogP) is 7.12. The minimum Gasteiger partial charge on any atom is -0.488 e. The Hall–Kier alpha value is -2.44. The number of benzene rings is 3. The molecule has 1 heterocycles. The fourth-order valence-electron chi connectivity index (χ4n) is 2.79. The molecule has 3 aromatic carbocycles. The lowest BCUT2D eigenvalue weighted by atomic mass is 10.1. The van der Waals surface area contributed by atoms with Gasteiger partial charge in [0.15, 0.2) is 5.17 Å². The second-order valence-corrected chi connectivity index (χ2v) is 8.83. The zero-order valence-electron chi connectivity index (χ0n) is 15.9. The molecule has 0 atom stereocenters. The van der Waals surface area contributed by atoms with E-state index in [4.69, 9.17) is 39.5 Å². The van der Waals surface area contributed by atoms with Crippen LogP contribution in [-0.4, -0.2) is 11.1 Å². The van der Waals surface area contributed by atoms with E-state index in [0.717, 1.165) is 5.56 Å². The first-order chi connectivity index (χ1) is 15.0. The Morgan fingerprint density at radius 3 is 2.48 bits per heavy atom. The number of amides is 1. The fourth-order valence-corrected chi connectivity index (χ4v) is 4.12. The molecular weight excluding hydrogens is 475 g/mol. The quantitative estimate of drug-likeness (QED) is 0.388. The highest BCUT2D eigenvalue weighted by Crippen LogP contribution is 2.32. The molecule has 4 nitrogen and oxygen atoms in total. The Morgan fingerprint density at radius 2 is 1.71 bits per heavy atom. The van der Waals surface area contributed by atoms with Gasteiger partial charge in [0.05, 0.1) is 10.6 Å². The first kappa shape index (κ1) is 21.8. The third kappa shape index (κ3) is 5.63. The number of nitrogens with one attached hydrogen (secondary N) is 1. The van der Waals surface area contributed by atoms with Gasteiger partial charge in [-0.1, -0.05) is 53.0 Å². The van der Waals surface area contributed by atoms with Crippen LogP contribution in [0, 0.1) is 0 Å². The first-order valence-corrected chi connectivity index (χ1v) is 11.1. The minimum atomic E-state index is -0.241. The third-order valence-electron chi connectivity index (χ3n) is 4.31. The van der Waals surface area contributed by atoms with Crippen molar-refractivity contribution in [3.05, 3.63) is 97.8 Å². The molecule has 1 aliphatic rings. The van der Waals surface area contributed by atoms with Gasteiger partial charge in [0, 0.05) is 26.2 Å². The molecule has 156 valence electrons. The van der Waals surface area contributed by atoms with Crippen molar-refractivity contribution >= 4 is 69.4 Å². The van der Waals surface area contributed by atoms with Crippen LogP contribution in [0.2, 0.25) is 15.1 Å². The zero-order chi connectivity index (χ0) is 21.8. The van der Waals surface area contributed by atoms with Crippen molar-refractivity contribution in [3.63, 3.8) is 0 Å². The van der Waals surface area contributed by atoms with Crippen molar-refractivity contribution in [2.45, 2.75) is 6.61 Å².